The van der Waals surface area contributed by atoms with E-state index in [0.717, 1.165) is 0 Å². The van der Waals surface area contributed by atoms with Crippen LogP contribution >= 0.6 is 0 Å². The van der Waals surface area contributed by atoms with Gasteiger partial charge in [0.2, 0.25) is 0 Å². The molecule has 5 nitrogen and oxygen atoms in total. The summed E-state index contributed by atoms with van der Waals surface area (Å²) >= 11 is 0. The van der Waals surface area contributed by atoms with Crippen LogP contribution < -0.4 is 5.32 Å². The van der Waals surface area contributed by atoms with E-state index in [1.807, 2.05) is 0 Å². The number of piperidine rings is 1. The summed E-state index contributed by atoms with van der Waals surface area (Å²) < 4.78 is 26.5. The molecule has 138 valence electrons. The van der Waals surface area contributed by atoms with Crippen molar-refractivity contribution < 1.29 is 18.4 Å². The van der Waals surface area contributed by atoms with E-state index in [0.29, 0.717) is 37.1 Å². The third-order valence-electron chi connectivity index (χ3n) is 4.95. The molecular formula is C20H17F2N3O2. The zero-order valence-electron chi connectivity index (χ0n) is 14.4. The lowest BCUT2D eigenvalue weighted by Gasteiger charge is -2.37. The molecular weight excluding hydrogens is 352 g/mol. The quantitative estimate of drug-likeness (QED) is 0.884. The van der Waals surface area contributed by atoms with Gasteiger partial charge in [-0.15, -0.1) is 0 Å². The van der Waals surface area contributed by atoms with Crippen molar-refractivity contribution in [3.05, 3.63) is 71.3 Å². The topological polar surface area (TPSA) is 61.8 Å². The Balaban J connectivity index is 1.49. The first-order valence-electron chi connectivity index (χ1n) is 8.69. The fraction of sp³-hybridized carbons (Fsp3) is 0.250. The molecule has 7 heteroatoms. The Morgan fingerprint density at radius 1 is 1.04 bits per heavy atom. The summed E-state index contributed by atoms with van der Waals surface area (Å²) in [6.07, 6.45) is 0.926. The van der Waals surface area contributed by atoms with Gasteiger partial charge in [-0.2, -0.15) is 0 Å². The number of halogens is 2. The molecule has 0 aromatic heterocycles. The van der Waals surface area contributed by atoms with E-state index in [2.05, 4.69) is 10.3 Å². The van der Waals surface area contributed by atoms with Crippen molar-refractivity contribution >= 4 is 17.5 Å². The molecule has 1 N–H and O–H groups in total. The molecule has 1 spiro atoms. The van der Waals surface area contributed by atoms with Gasteiger partial charge in [0.05, 0.1) is 0 Å². The van der Waals surface area contributed by atoms with Crippen LogP contribution in [-0.2, 0) is 4.79 Å². The van der Waals surface area contributed by atoms with E-state index in [1.165, 1.54) is 42.5 Å². The van der Waals surface area contributed by atoms with Gasteiger partial charge in [0.25, 0.3) is 11.8 Å². The number of benzene rings is 2. The van der Waals surface area contributed by atoms with Crippen molar-refractivity contribution in [3.63, 3.8) is 0 Å². The summed E-state index contributed by atoms with van der Waals surface area (Å²) in [5.41, 5.74) is 0.312. The lowest BCUT2D eigenvalue weighted by atomic mass is 9.97. The van der Waals surface area contributed by atoms with Crippen molar-refractivity contribution in [2.45, 2.75) is 18.5 Å². The molecule has 0 atom stereocenters. The molecule has 2 heterocycles. The number of carbonyl (C=O) groups is 2. The Morgan fingerprint density at radius 3 is 2.41 bits per heavy atom. The molecule has 4 rings (SSSR count). The van der Waals surface area contributed by atoms with Crippen LogP contribution in [0.15, 0.2) is 53.5 Å². The van der Waals surface area contributed by atoms with Gasteiger partial charge in [-0.05, 0) is 36.4 Å². The van der Waals surface area contributed by atoms with Crippen LogP contribution in [0.25, 0.3) is 0 Å². The van der Waals surface area contributed by atoms with Crippen LogP contribution in [0.5, 0.6) is 0 Å². The summed E-state index contributed by atoms with van der Waals surface area (Å²) in [5.74, 6) is -1.33. The highest BCUT2D eigenvalue weighted by Crippen LogP contribution is 2.29. The molecule has 0 radical (unpaired) electrons. The molecule has 27 heavy (non-hydrogen) atoms. The molecule has 1 fully saturated rings. The second kappa shape index (κ2) is 6.57. The van der Waals surface area contributed by atoms with Crippen molar-refractivity contribution in [2.75, 3.05) is 13.1 Å². The Bertz CT molecular complexity index is 932. The summed E-state index contributed by atoms with van der Waals surface area (Å²) in [6.45, 7) is 0.826. The van der Waals surface area contributed by atoms with E-state index in [9.17, 15) is 18.4 Å². The minimum Gasteiger partial charge on any atom is -0.338 e. The van der Waals surface area contributed by atoms with E-state index in [4.69, 9.17) is 0 Å². The van der Waals surface area contributed by atoms with Crippen LogP contribution in [0.2, 0.25) is 0 Å². The SMILES string of the molecule is O=C1NC2(CCN(C(=O)c3ccc(F)cc3)CC2)N=C1c1cccc(F)c1. The highest BCUT2D eigenvalue weighted by Gasteiger charge is 2.43. The van der Waals surface area contributed by atoms with Gasteiger partial charge in [0, 0.05) is 37.1 Å². The fourth-order valence-electron chi connectivity index (χ4n) is 3.49. The second-order valence-electron chi connectivity index (χ2n) is 6.76. The van der Waals surface area contributed by atoms with Crippen LogP contribution in [0, 0.1) is 11.6 Å². The largest absolute Gasteiger partial charge is 0.338 e. The smallest absolute Gasteiger partial charge is 0.272 e. The number of hydrogen-bond acceptors (Lipinski definition) is 3. The van der Waals surface area contributed by atoms with Gasteiger partial charge in [-0.3, -0.25) is 14.6 Å². The maximum absolute atomic E-state index is 13.5. The first-order chi connectivity index (χ1) is 13.0. The predicted octanol–water partition coefficient (Wildman–Crippen LogP) is 2.52. The Morgan fingerprint density at radius 2 is 1.74 bits per heavy atom. The number of likely N-dealkylation sites (tertiary alicyclic amines) is 1. The number of hydrogen-bond donors (Lipinski definition) is 1. The average molecular weight is 369 g/mol. The van der Waals surface area contributed by atoms with E-state index in [1.54, 1.807) is 11.0 Å². The maximum Gasteiger partial charge on any atom is 0.272 e. The van der Waals surface area contributed by atoms with Crippen LogP contribution in [-0.4, -0.2) is 41.2 Å². The van der Waals surface area contributed by atoms with Crippen molar-refractivity contribution in [1.82, 2.24) is 10.2 Å². The Labute approximate surface area is 154 Å². The van der Waals surface area contributed by atoms with E-state index < -0.39 is 17.3 Å². The fourth-order valence-corrected chi connectivity index (χ4v) is 3.49. The van der Waals surface area contributed by atoms with Gasteiger partial charge >= 0.3 is 0 Å². The molecule has 2 aliphatic rings. The average Bonchev–Trinajstić information content (AvgIpc) is 2.98. The molecule has 2 amide bonds. The zero-order chi connectivity index (χ0) is 19.0. The van der Waals surface area contributed by atoms with Crippen molar-refractivity contribution in [2.24, 2.45) is 4.99 Å². The summed E-state index contributed by atoms with van der Waals surface area (Å²) in [4.78, 5) is 31.1. The minimum atomic E-state index is -0.766. The molecule has 2 aromatic carbocycles. The highest BCUT2D eigenvalue weighted by molar-refractivity contribution is 6.46. The molecule has 2 aliphatic heterocycles. The normalized spacial score (nSPS) is 18.4. The van der Waals surface area contributed by atoms with Gasteiger partial charge in [0.15, 0.2) is 0 Å². The number of nitrogens with one attached hydrogen (secondary N) is 1. The number of rotatable bonds is 2. The van der Waals surface area contributed by atoms with Crippen molar-refractivity contribution in [1.29, 1.82) is 0 Å². The first-order valence-corrected chi connectivity index (χ1v) is 8.69. The molecule has 0 bridgehead atoms. The molecule has 0 saturated carbocycles. The molecule has 1 saturated heterocycles. The van der Waals surface area contributed by atoms with E-state index >= 15 is 0 Å². The Kier molecular flexibility index (Phi) is 4.22. The van der Waals surface area contributed by atoms with Gasteiger partial charge < -0.3 is 10.2 Å². The summed E-state index contributed by atoms with van der Waals surface area (Å²) in [5, 5.41) is 2.89. The standard InChI is InChI=1S/C20H17F2N3O2/c21-15-6-4-13(5-7-15)19(27)25-10-8-20(9-11-25)23-17(18(26)24-20)14-2-1-3-16(22)12-14/h1-7,12H,8-11H2,(H,24,26). The highest BCUT2D eigenvalue weighted by atomic mass is 19.1. The maximum atomic E-state index is 13.5. The van der Waals surface area contributed by atoms with Crippen LogP contribution in [0.3, 0.4) is 0 Å². The molecule has 0 aliphatic carbocycles. The summed E-state index contributed by atoms with van der Waals surface area (Å²) in [7, 11) is 0. The summed E-state index contributed by atoms with van der Waals surface area (Å²) in [6, 6.07) is 11.2. The minimum absolute atomic E-state index is 0.177. The van der Waals surface area contributed by atoms with E-state index in [-0.39, 0.29) is 17.5 Å². The Hall–Kier alpha value is -3.09. The van der Waals surface area contributed by atoms with Crippen molar-refractivity contribution in [3.8, 4) is 0 Å². The lowest BCUT2D eigenvalue weighted by Crippen LogP contribution is -2.52. The van der Waals surface area contributed by atoms with Gasteiger partial charge in [-0.1, -0.05) is 12.1 Å². The zero-order valence-corrected chi connectivity index (χ0v) is 14.4. The molecule has 0 unspecified atom stereocenters. The third-order valence-corrected chi connectivity index (χ3v) is 4.95. The third kappa shape index (κ3) is 3.32. The number of carbonyl (C=O) groups excluding carboxylic acids is 2. The second-order valence-corrected chi connectivity index (χ2v) is 6.76. The first kappa shape index (κ1) is 17.3. The monoisotopic (exact) mass is 369 g/mol. The number of aliphatic imine (C=N–C) groups is 1. The lowest BCUT2D eigenvalue weighted by molar-refractivity contribution is -0.115. The van der Waals surface area contributed by atoms with Crippen LogP contribution in [0.1, 0.15) is 28.8 Å². The predicted molar refractivity (Wildman–Crippen MR) is 95.3 cm³/mol. The molecule has 2 aromatic rings. The van der Waals surface area contributed by atoms with Gasteiger partial charge in [-0.25, -0.2) is 8.78 Å². The number of nitrogens with zero attached hydrogens (tertiary/aromatic N) is 2. The van der Waals surface area contributed by atoms with Crippen LogP contribution in [0.4, 0.5) is 8.78 Å². The van der Waals surface area contributed by atoms with Gasteiger partial charge in [0.1, 0.15) is 23.0 Å². The number of amides is 2.